The number of thiocarbonyl (C=S) groups is 1. The Morgan fingerprint density at radius 2 is 1.49 bits per heavy atom. The molecule has 2 fully saturated rings. The molecule has 0 spiro atoms. The predicted molar refractivity (Wildman–Crippen MR) is 168 cm³/mol. The van der Waals surface area contributed by atoms with Gasteiger partial charge in [-0.3, -0.25) is 9.69 Å². The monoisotopic (exact) mass is 591 g/mol. The van der Waals surface area contributed by atoms with E-state index in [1.807, 2.05) is 54.6 Å². The largest absolute Gasteiger partial charge is 0.494 e. The number of piperazine rings is 1. The second kappa shape index (κ2) is 14.1. The van der Waals surface area contributed by atoms with Crippen molar-refractivity contribution in [3.63, 3.8) is 0 Å². The summed E-state index contributed by atoms with van der Waals surface area (Å²) in [5.74, 6) is 1.49. The van der Waals surface area contributed by atoms with Crippen LogP contribution in [-0.4, -0.2) is 66.4 Å². The zero-order valence-corrected chi connectivity index (χ0v) is 24.8. The van der Waals surface area contributed by atoms with Crippen LogP contribution < -0.4 is 14.4 Å². The van der Waals surface area contributed by atoms with E-state index in [1.165, 1.54) is 43.4 Å². The van der Waals surface area contributed by atoms with Crippen LogP contribution in [0.5, 0.6) is 17.2 Å². The molecule has 6 nitrogen and oxygen atoms in total. The Kier molecular flexibility index (Phi) is 10.1. The number of benzene rings is 3. The zero-order chi connectivity index (χ0) is 28.6. The van der Waals surface area contributed by atoms with Gasteiger partial charge in [0.15, 0.2) is 4.32 Å². The summed E-state index contributed by atoms with van der Waals surface area (Å²) in [6, 6.07) is 20.7. The van der Waals surface area contributed by atoms with Crippen molar-refractivity contribution in [2.45, 2.75) is 19.3 Å². The molecule has 0 unspecified atom stereocenters. The molecule has 0 atom stereocenters. The van der Waals surface area contributed by atoms with E-state index >= 15 is 0 Å². The highest BCUT2D eigenvalue weighted by molar-refractivity contribution is 8.27. The SMILES string of the molecule is CN1CCN(CCCCCOc2ccc(N3C(=O)C(=Cc4ccc(Oc5ccc(F)cc5)cc4)SC3=S)cc2)CC1. The molecule has 3 aromatic carbocycles. The smallest absolute Gasteiger partial charge is 0.270 e. The molecule has 1 amide bonds. The van der Waals surface area contributed by atoms with Gasteiger partial charge in [-0.15, -0.1) is 0 Å². The normalized spacial score (nSPS) is 17.4. The third kappa shape index (κ3) is 8.16. The maximum atomic E-state index is 13.2. The lowest BCUT2D eigenvalue weighted by molar-refractivity contribution is -0.113. The van der Waals surface area contributed by atoms with Crippen molar-refractivity contribution in [3.05, 3.63) is 89.1 Å². The average Bonchev–Trinajstić information content (AvgIpc) is 3.26. The molecular formula is C32H34FN3O3S2. The summed E-state index contributed by atoms with van der Waals surface area (Å²) in [5.41, 5.74) is 1.57. The standard InChI is InChI=1S/C32H34FN3O3S2/c1-34-18-20-35(21-19-34)17-3-2-4-22-38-27-15-9-26(10-16-27)36-31(37)30(41-32(36)40)23-24-5-11-28(12-6-24)39-29-13-7-25(33)8-14-29/h5-16,23H,2-4,17-22H2,1H3. The number of amides is 1. The fraction of sp³-hybridized carbons (Fsp3) is 0.312. The highest BCUT2D eigenvalue weighted by Gasteiger charge is 2.33. The van der Waals surface area contributed by atoms with Gasteiger partial charge in [0.1, 0.15) is 23.1 Å². The molecule has 0 aliphatic carbocycles. The average molecular weight is 592 g/mol. The van der Waals surface area contributed by atoms with E-state index < -0.39 is 0 Å². The number of unbranched alkanes of at least 4 members (excludes halogenated alkanes) is 2. The van der Waals surface area contributed by atoms with E-state index in [-0.39, 0.29) is 11.7 Å². The fourth-order valence-electron chi connectivity index (χ4n) is 4.68. The lowest BCUT2D eigenvalue weighted by atomic mass is 10.2. The van der Waals surface area contributed by atoms with Crippen LogP contribution in [0, 0.1) is 5.82 Å². The number of hydrogen-bond acceptors (Lipinski definition) is 7. The Morgan fingerprint density at radius 3 is 2.17 bits per heavy atom. The molecule has 0 radical (unpaired) electrons. The summed E-state index contributed by atoms with van der Waals surface area (Å²) in [4.78, 5) is 20.2. The van der Waals surface area contributed by atoms with Gasteiger partial charge < -0.3 is 19.3 Å². The lowest BCUT2D eigenvalue weighted by Gasteiger charge is -2.32. The number of rotatable bonds is 11. The van der Waals surface area contributed by atoms with Crippen molar-refractivity contribution < 1.29 is 18.7 Å². The van der Waals surface area contributed by atoms with Gasteiger partial charge in [-0.25, -0.2) is 4.39 Å². The van der Waals surface area contributed by atoms with Gasteiger partial charge >= 0.3 is 0 Å². The molecule has 2 heterocycles. The van der Waals surface area contributed by atoms with Gasteiger partial charge in [0.25, 0.3) is 5.91 Å². The van der Waals surface area contributed by atoms with Crippen LogP contribution in [0.1, 0.15) is 24.8 Å². The highest BCUT2D eigenvalue weighted by atomic mass is 32.2. The zero-order valence-electron chi connectivity index (χ0n) is 23.1. The molecule has 5 rings (SSSR count). The number of likely N-dealkylation sites (N-methyl/N-ethyl adjacent to an activating group) is 1. The topological polar surface area (TPSA) is 45.2 Å². The molecule has 214 valence electrons. The van der Waals surface area contributed by atoms with Crippen LogP contribution in [0.2, 0.25) is 0 Å². The Bertz CT molecular complexity index is 1360. The minimum Gasteiger partial charge on any atom is -0.494 e. The number of ether oxygens (including phenoxy) is 2. The molecule has 2 saturated heterocycles. The van der Waals surface area contributed by atoms with Crippen LogP contribution >= 0.6 is 24.0 Å². The number of hydrogen-bond donors (Lipinski definition) is 0. The molecule has 0 N–H and O–H groups in total. The first-order valence-electron chi connectivity index (χ1n) is 13.9. The van der Waals surface area contributed by atoms with Crippen molar-refractivity contribution in [1.82, 2.24) is 9.80 Å². The summed E-state index contributed by atoms with van der Waals surface area (Å²) in [6.07, 6.45) is 5.19. The summed E-state index contributed by atoms with van der Waals surface area (Å²) in [6.45, 7) is 6.50. The number of nitrogens with zero attached hydrogens (tertiary/aromatic N) is 3. The quantitative estimate of drug-likeness (QED) is 0.138. The van der Waals surface area contributed by atoms with Gasteiger partial charge in [-0.1, -0.05) is 36.1 Å². The minimum absolute atomic E-state index is 0.152. The molecule has 2 aliphatic rings. The van der Waals surface area contributed by atoms with E-state index in [1.54, 1.807) is 17.0 Å². The van der Waals surface area contributed by atoms with Crippen molar-refractivity contribution in [1.29, 1.82) is 0 Å². The molecule has 2 aliphatic heterocycles. The van der Waals surface area contributed by atoms with Crippen molar-refractivity contribution >= 4 is 46.0 Å². The van der Waals surface area contributed by atoms with Crippen molar-refractivity contribution in [2.75, 3.05) is 51.3 Å². The van der Waals surface area contributed by atoms with Crippen molar-refractivity contribution in [2.24, 2.45) is 0 Å². The molecule has 9 heteroatoms. The van der Waals surface area contributed by atoms with Crippen molar-refractivity contribution in [3.8, 4) is 17.2 Å². The van der Waals surface area contributed by atoms with Crippen LogP contribution in [0.25, 0.3) is 6.08 Å². The van der Waals surface area contributed by atoms with Crippen LogP contribution in [0.4, 0.5) is 10.1 Å². The molecule has 0 aromatic heterocycles. The minimum atomic E-state index is -0.313. The summed E-state index contributed by atoms with van der Waals surface area (Å²) < 4.78 is 25.3. The molecule has 0 saturated carbocycles. The Morgan fingerprint density at radius 1 is 0.854 bits per heavy atom. The van der Waals surface area contributed by atoms with Gasteiger partial charge in [-0.05, 0) is 105 Å². The van der Waals surface area contributed by atoms with Crippen LogP contribution in [-0.2, 0) is 4.79 Å². The van der Waals surface area contributed by atoms with E-state index in [0.717, 1.165) is 49.5 Å². The first kappa shape index (κ1) is 29.3. The maximum absolute atomic E-state index is 13.2. The Balaban J connectivity index is 1.09. The van der Waals surface area contributed by atoms with Gasteiger partial charge in [0.05, 0.1) is 17.2 Å². The first-order valence-corrected chi connectivity index (χ1v) is 15.1. The second-order valence-corrected chi connectivity index (χ2v) is 11.9. The number of carbonyl (C=O) groups is 1. The van der Waals surface area contributed by atoms with Crippen LogP contribution in [0.3, 0.4) is 0 Å². The van der Waals surface area contributed by atoms with E-state index in [9.17, 15) is 9.18 Å². The summed E-state index contributed by atoms with van der Waals surface area (Å²) in [7, 11) is 2.18. The summed E-state index contributed by atoms with van der Waals surface area (Å²) in [5, 5.41) is 0. The second-order valence-electron chi connectivity index (χ2n) is 10.2. The van der Waals surface area contributed by atoms with Gasteiger partial charge in [0.2, 0.25) is 0 Å². The number of halogens is 1. The first-order chi connectivity index (χ1) is 19.9. The lowest BCUT2D eigenvalue weighted by Crippen LogP contribution is -2.44. The molecular weight excluding hydrogens is 558 g/mol. The molecule has 0 bridgehead atoms. The third-order valence-electron chi connectivity index (χ3n) is 7.10. The number of thioether (sulfide) groups is 1. The summed E-state index contributed by atoms with van der Waals surface area (Å²) >= 11 is 6.82. The van der Waals surface area contributed by atoms with E-state index in [4.69, 9.17) is 21.7 Å². The highest BCUT2D eigenvalue weighted by Crippen LogP contribution is 2.36. The number of anilines is 1. The molecule has 3 aromatic rings. The van der Waals surface area contributed by atoms with Gasteiger partial charge in [0, 0.05) is 26.2 Å². The van der Waals surface area contributed by atoms with E-state index in [2.05, 4.69) is 16.8 Å². The van der Waals surface area contributed by atoms with Gasteiger partial charge in [-0.2, -0.15) is 0 Å². The number of carbonyl (C=O) groups excluding carboxylic acids is 1. The maximum Gasteiger partial charge on any atom is 0.270 e. The Labute approximate surface area is 250 Å². The predicted octanol–water partition coefficient (Wildman–Crippen LogP) is 6.82. The van der Waals surface area contributed by atoms with E-state index in [0.29, 0.717) is 27.3 Å². The Hall–Kier alpha value is -3.24. The van der Waals surface area contributed by atoms with Crippen LogP contribution in [0.15, 0.2) is 77.7 Å². The fourth-order valence-corrected chi connectivity index (χ4v) is 5.98. The third-order valence-corrected chi connectivity index (χ3v) is 8.40. The molecule has 41 heavy (non-hydrogen) atoms.